The Morgan fingerprint density at radius 1 is 1.19 bits per heavy atom. The number of carbonyl (C=O) groups is 1. The minimum Gasteiger partial charge on any atom is -0.327 e. The van der Waals surface area contributed by atoms with Gasteiger partial charge in [0, 0.05) is 25.4 Å². The third kappa shape index (κ3) is 3.22. The minimum absolute atomic E-state index is 0.0337. The second kappa shape index (κ2) is 7.14. The van der Waals surface area contributed by atoms with E-state index in [0.717, 1.165) is 29.8 Å². The van der Waals surface area contributed by atoms with Gasteiger partial charge in [-0.1, -0.05) is 44.5 Å². The fourth-order valence-electron chi connectivity index (χ4n) is 3.82. The summed E-state index contributed by atoms with van der Waals surface area (Å²) < 4.78 is 16.5. The van der Waals surface area contributed by atoms with Crippen molar-refractivity contribution >= 4 is 22.6 Å². The van der Waals surface area contributed by atoms with Crippen LogP contribution in [0.5, 0.6) is 0 Å². The molecule has 4 nitrogen and oxygen atoms in total. The summed E-state index contributed by atoms with van der Waals surface area (Å²) in [5.41, 5.74) is 2.41. The standard InChI is InChI=1S/C22H24FN3O/c1-3-15(2)13-26-20-11-7-5-9-18(20)24-22(26)16-12-21(27)25(14-16)19-10-6-4-8-17(19)23/h4-11,15-16H,3,12-14H2,1-2H3/t15-,16+/m0/s1. The second-order valence-corrected chi connectivity index (χ2v) is 7.44. The Labute approximate surface area is 158 Å². The van der Waals surface area contributed by atoms with E-state index in [1.165, 1.54) is 6.07 Å². The first-order valence-corrected chi connectivity index (χ1v) is 9.58. The van der Waals surface area contributed by atoms with Crippen molar-refractivity contribution in [1.29, 1.82) is 0 Å². The van der Waals surface area contributed by atoms with Crippen LogP contribution in [-0.2, 0) is 11.3 Å². The van der Waals surface area contributed by atoms with Crippen molar-refractivity contribution in [3.63, 3.8) is 0 Å². The SMILES string of the molecule is CC[C@H](C)Cn1c([C@@H]2CC(=O)N(c3ccccc3F)C2)nc2ccccc21. The smallest absolute Gasteiger partial charge is 0.227 e. The van der Waals surface area contributed by atoms with E-state index in [-0.39, 0.29) is 17.6 Å². The Balaban J connectivity index is 1.71. The first kappa shape index (κ1) is 17.7. The van der Waals surface area contributed by atoms with Gasteiger partial charge in [0.05, 0.1) is 16.7 Å². The lowest BCUT2D eigenvalue weighted by Gasteiger charge is -2.19. The van der Waals surface area contributed by atoms with E-state index in [2.05, 4.69) is 24.5 Å². The average Bonchev–Trinajstić information content (AvgIpc) is 3.23. The van der Waals surface area contributed by atoms with Crippen molar-refractivity contribution in [2.45, 2.75) is 39.2 Å². The Morgan fingerprint density at radius 2 is 1.93 bits per heavy atom. The molecule has 3 aromatic rings. The van der Waals surface area contributed by atoms with Crippen molar-refractivity contribution in [2.24, 2.45) is 5.92 Å². The molecule has 0 spiro atoms. The largest absolute Gasteiger partial charge is 0.327 e. The molecule has 1 fully saturated rings. The lowest BCUT2D eigenvalue weighted by molar-refractivity contribution is -0.117. The number of para-hydroxylation sites is 3. The number of amides is 1. The first-order valence-electron chi connectivity index (χ1n) is 9.58. The van der Waals surface area contributed by atoms with Gasteiger partial charge in [0.1, 0.15) is 11.6 Å². The molecular formula is C22H24FN3O. The summed E-state index contributed by atoms with van der Waals surface area (Å²) in [6, 6.07) is 14.6. The molecule has 2 atom stereocenters. The Bertz CT molecular complexity index is 981. The number of imidazole rings is 1. The van der Waals surface area contributed by atoms with Crippen LogP contribution in [0.25, 0.3) is 11.0 Å². The molecule has 27 heavy (non-hydrogen) atoms. The van der Waals surface area contributed by atoms with E-state index in [9.17, 15) is 9.18 Å². The maximum absolute atomic E-state index is 14.2. The van der Waals surface area contributed by atoms with Gasteiger partial charge in [-0.3, -0.25) is 4.79 Å². The fraction of sp³-hybridized carbons (Fsp3) is 0.364. The predicted octanol–water partition coefficient (Wildman–Crippen LogP) is 4.74. The molecule has 0 saturated carbocycles. The van der Waals surface area contributed by atoms with Gasteiger partial charge in [-0.05, 0) is 30.2 Å². The Morgan fingerprint density at radius 3 is 2.70 bits per heavy atom. The van der Waals surface area contributed by atoms with Crippen LogP contribution >= 0.6 is 0 Å². The molecule has 2 heterocycles. The summed E-state index contributed by atoms with van der Waals surface area (Å²) in [4.78, 5) is 19.1. The molecule has 1 aliphatic rings. The molecule has 0 N–H and O–H groups in total. The average molecular weight is 365 g/mol. The summed E-state index contributed by atoms with van der Waals surface area (Å²) in [5.74, 6) is 1.00. The van der Waals surface area contributed by atoms with Crippen LogP contribution in [0.3, 0.4) is 0 Å². The zero-order valence-electron chi connectivity index (χ0n) is 15.7. The van der Waals surface area contributed by atoms with Crippen molar-refractivity contribution in [1.82, 2.24) is 9.55 Å². The number of benzene rings is 2. The molecule has 0 bridgehead atoms. The first-order chi connectivity index (χ1) is 13.1. The number of aromatic nitrogens is 2. The van der Waals surface area contributed by atoms with Crippen molar-refractivity contribution < 1.29 is 9.18 Å². The van der Waals surface area contributed by atoms with Crippen LogP contribution in [0.15, 0.2) is 48.5 Å². The van der Waals surface area contributed by atoms with Gasteiger partial charge in [-0.25, -0.2) is 9.37 Å². The van der Waals surface area contributed by atoms with Crippen molar-refractivity contribution in [2.75, 3.05) is 11.4 Å². The molecule has 1 amide bonds. The van der Waals surface area contributed by atoms with Gasteiger partial charge in [0.15, 0.2) is 0 Å². The zero-order chi connectivity index (χ0) is 19.0. The lowest BCUT2D eigenvalue weighted by Crippen LogP contribution is -2.25. The van der Waals surface area contributed by atoms with Gasteiger partial charge >= 0.3 is 0 Å². The number of hydrogen-bond acceptors (Lipinski definition) is 2. The van der Waals surface area contributed by atoms with E-state index in [1.54, 1.807) is 23.1 Å². The maximum atomic E-state index is 14.2. The summed E-state index contributed by atoms with van der Waals surface area (Å²) in [6.07, 6.45) is 1.44. The number of halogens is 1. The van der Waals surface area contributed by atoms with Crippen molar-refractivity contribution in [3.05, 3.63) is 60.2 Å². The van der Waals surface area contributed by atoms with Gasteiger partial charge in [-0.15, -0.1) is 0 Å². The molecule has 5 heteroatoms. The van der Waals surface area contributed by atoms with Crippen LogP contribution in [0.4, 0.5) is 10.1 Å². The third-order valence-corrected chi connectivity index (χ3v) is 5.51. The monoisotopic (exact) mass is 365 g/mol. The highest BCUT2D eigenvalue weighted by atomic mass is 19.1. The molecule has 1 aromatic heterocycles. The zero-order valence-corrected chi connectivity index (χ0v) is 15.7. The van der Waals surface area contributed by atoms with Crippen LogP contribution in [-0.4, -0.2) is 22.0 Å². The highest BCUT2D eigenvalue weighted by Crippen LogP contribution is 2.34. The van der Waals surface area contributed by atoms with Crippen LogP contribution in [0.2, 0.25) is 0 Å². The lowest BCUT2D eigenvalue weighted by atomic mass is 10.1. The van der Waals surface area contributed by atoms with Crippen LogP contribution in [0, 0.1) is 11.7 Å². The topological polar surface area (TPSA) is 38.1 Å². The molecule has 4 rings (SSSR count). The molecule has 0 aliphatic carbocycles. The van der Waals surface area contributed by atoms with Crippen LogP contribution < -0.4 is 4.90 Å². The van der Waals surface area contributed by atoms with Crippen LogP contribution in [0.1, 0.15) is 38.4 Å². The van der Waals surface area contributed by atoms with Gasteiger partial charge in [-0.2, -0.15) is 0 Å². The normalized spacial score (nSPS) is 18.4. The van der Waals surface area contributed by atoms with E-state index < -0.39 is 0 Å². The number of hydrogen-bond donors (Lipinski definition) is 0. The fourth-order valence-corrected chi connectivity index (χ4v) is 3.82. The van der Waals surface area contributed by atoms with Gasteiger partial charge in [0.25, 0.3) is 0 Å². The quantitative estimate of drug-likeness (QED) is 0.655. The van der Waals surface area contributed by atoms with Gasteiger partial charge < -0.3 is 9.47 Å². The number of rotatable bonds is 5. The third-order valence-electron chi connectivity index (χ3n) is 5.51. The van der Waals surface area contributed by atoms with Crippen molar-refractivity contribution in [3.8, 4) is 0 Å². The summed E-state index contributed by atoms with van der Waals surface area (Å²) in [6.45, 7) is 5.74. The number of carbonyl (C=O) groups excluding carboxylic acids is 1. The minimum atomic E-state index is -0.361. The molecular weight excluding hydrogens is 341 g/mol. The Hall–Kier alpha value is -2.69. The highest BCUT2D eigenvalue weighted by molar-refractivity contribution is 5.96. The predicted molar refractivity (Wildman–Crippen MR) is 105 cm³/mol. The number of anilines is 1. The van der Waals surface area contributed by atoms with Gasteiger partial charge in [0.2, 0.25) is 5.91 Å². The summed E-state index contributed by atoms with van der Waals surface area (Å²) >= 11 is 0. The second-order valence-electron chi connectivity index (χ2n) is 7.44. The number of nitrogens with zero attached hydrogens (tertiary/aromatic N) is 3. The molecule has 0 radical (unpaired) electrons. The maximum Gasteiger partial charge on any atom is 0.227 e. The highest BCUT2D eigenvalue weighted by Gasteiger charge is 2.35. The molecule has 0 unspecified atom stereocenters. The van der Waals surface area contributed by atoms with E-state index in [1.807, 2.05) is 18.2 Å². The summed E-state index contributed by atoms with van der Waals surface area (Å²) in [7, 11) is 0. The number of fused-ring (bicyclic) bond motifs is 1. The van der Waals surface area contributed by atoms with E-state index in [4.69, 9.17) is 4.98 Å². The summed E-state index contributed by atoms with van der Waals surface area (Å²) in [5, 5.41) is 0. The van der Waals surface area contributed by atoms with E-state index >= 15 is 0 Å². The molecule has 1 aliphatic heterocycles. The Kier molecular flexibility index (Phi) is 4.68. The molecule has 1 saturated heterocycles. The van der Waals surface area contributed by atoms with E-state index in [0.29, 0.717) is 24.6 Å². The molecule has 2 aromatic carbocycles. The molecule has 140 valence electrons.